The van der Waals surface area contributed by atoms with Gasteiger partial charge in [-0.25, -0.2) is 0 Å². The van der Waals surface area contributed by atoms with Crippen LogP contribution in [-0.2, 0) is 11.3 Å². The molecule has 1 saturated carbocycles. The van der Waals surface area contributed by atoms with E-state index in [4.69, 9.17) is 11.6 Å². The third kappa shape index (κ3) is 4.66. The van der Waals surface area contributed by atoms with Crippen LogP contribution in [0.3, 0.4) is 0 Å². The molecule has 1 fully saturated rings. The van der Waals surface area contributed by atoms with Gasteiger partial charge in [-0.2, -0.15) is 0 Å². The van der Waals surface area contributed by atoms with Crippen molar-refractivity contribution < 1.29 is 22.7 Å². The number of alkyl halides is 3. The molecule has 2 aromatic carbocycles. The van der Waals surface area contributed by atoms with E-state index in [0.29, 0.717) is 11.4 Å². The van der Waals surface area contributed by atoms with Crippen LogP contribution in [0.1, 0.15) is 23.5 Å². The second-order valence-corrected chi connectivity index (χ2v) is 6.31. The highest BCUT2D eigenvalue weighted by atomic mass is 35.5. The van der Waals surface area contributed by atoms with Gasteiger partial charge in [0.25, 0.3) is 0 Å². The van der Waals surface area contributed by atoms with Crippen molar-refractivity contribution in [3.05, 3.63) is 64.7 Å². The normalized spacial score (nSPS) is 19.4. The summed E-state index contributed by atoms with van der Waals surface area (Å²) < 4.78 is 41.2. The molecule has 2 atom stereocenters. The van der Waals surface area contributed by atoms with Crippen molar-refractivity contribution in [1.29, 1.82) is 0 Å². The first kappa shape index (κ1) is 17.6. The van der Waals surface area contributed by atoms with Gasteiger partial charge in [-0.3, -0.25) is 4.79 Å². The quantitative estimate of drug-likeness (QED) is 0.832. The Morgan fingerprint density at radius 1 is 1.20 bits per heavy atom. The van der Waals surface area contributed by atoms with Crippen LogP contribution in [0.4, 0.5) is 13.2 Å². The Morgan fingerprint density at radius 3 is 2.68 bits per heavy atom. The third-order valence-corrected chi connectivity index (χ3v) is 4.29. The molecule has 1 aliphatic rings. The van der Waals surface area contributed by atoms with Crippen LogP contribution in [0.25, 0.3) is 0 Å². The molecule has 25 heavy (non-hydrogen) atoms. The molecule has 0 bridgehead atoms. The predicted octanol–water partition coefficient (Wildman–Crippen LogP) is 4.66. The largest absolute Gasteiger partial charge is 0.573 e. The van der Waals surface area contributed by atoms with Gasteiger partial charge in [0.05, 0.1) is 0 Å². The number of carbonyl (C=O) groups is 1. The zero-order valence-corrected chi connectivity index (χ0v) is 13.8. The summed E-state index contributed by atoms with van der Waals surface area (Å²) in [6.45, 7) is -0.0240. The fourth-order valence-electron chi connectivity index (χ4n) is 2.78. The number of hydrogen-bond acceptors (Lipinski definition) is 2. The van der Waals surface area contributed by atoms with E-state index in [-0.39, 0.29) is 35.6 Å². The molecule has 7 heteroatoms. The SMILES string of the molecule is O=C(NCc1ccccc1OC(F)(F)F)C1CC1c1cccc(Cl)c1. The predicted molar refractivity (Wildman–Crippen MR) is 87.3 cm³/mol. The number of rotatable bonds is 5. The number of carbonyl (C=O) groups excluding carboxylic acids is 1. The highest BCUT2D eigenvalue weighted by Gasteiger charge is 2.43. The number of hydrogen-bond donors (Lipinski definition) is 1. The zero-order chi connectivity index (χ0) is 18.0. The third-order valence-electron chi connectivity index (χ3n) is 4.06. The summed E-state index contributed by atoms with van der Waals surface area (Å²) in [5.74, 6) is -0.584. The summed E-state index contributed by atoms with van der Waals surface area (Å²) in [6.07, 6.45) is -4.07. The Morgan fingerprint density at radius 2 is 1.96 bits per heavy atom. The van der Waals surface area contributed by atoms with E-state index < -0.39 is 6.36 Å². The van der Waals surface area contributed by atoms with Gasteiger partial charge in [0.2, 0.25) is 5.91 Å². The molecule has 3 nitrogen and oxygen atoms in total. The summed E-state index contributed by atoms with van der Waals surface area (Å²) in [5, 5.41) is 3.29. The average molecular weight is 370 g/mol. The summed E-state index contributed by atoms with van der Waals surface area (Å²) in [4.78, 5) is 12.2. The first-order chi connectivity index (χ1) is 11.8. The van der Waals surface area contributed by atoms with E-state index in [1.165, 1.54) is 18.2 Å². The van der Waals surface area contributed by atoms with Gasteiger partial charge in [0, 0.05) is 23.0 Å². The summed E-state index contributed by atoms with van der Waals surface area (Å²) in [7, 11) is 0. The smallest absolute Gasteiger partial charge is 0.405 e. The molecule has 0 heterocycles. The van der Waals surface area contributed by atoms with E-state index >= 15 is 0 Å². The molecule has 0 saturated heterocycles. The first-order valence-corrected chi connectivity index (χ1v) is 8.08. The van der Waals surface area contributed by atoms with Crippen LogP contribution in [-0.4, -0.2) is 12.3 Å². The topological polar surface area (TPSA) is 38.3 Å². The van der Waals surface area contributed by atoms with Crippen LogP contribution >= 0.6 is 11.6 Å². The fraction of sp³-hybridized carbons (Fsp3) is 0.278. The summed E-state index contributed by atoms with van der Waals surface area (Å²) in [6, 6.07) is 13.1. The Hall–Kier alpha value is -2.21. The number of nitrogens with one attached hydrogen (secondary N) is 1. The number of benzene rings is 2. The van der Waals surface area contributed by atoms with Gasteiger partial charge in [-0.05, 0) is 36.1 Å². The van der Waals surface area contributed by atoms with Crippen LogP contribution in [0.5, 0.6) is 5.75 Å². The maximum absolute atomic E-state index is 12.4. The number of para-hydroxylation sites is 1. The molecular formula is C18H15ClF3NO2. The summed E-state index contributed by atoms with van der Waals surface area (Å²) >= 11 is 5.95. The van der Waals surface area contributed by atoms with Crippen LogP contribution < -0.4 is 10.1 Å². The minimum absolute atomic E-state index is 0.0240. The maximum atomic E-state index is 12.4. The Bertz CT molecular complexity index is 779. The molecule has 132 valence electrons. The Labute approximate surface area is 147 Å². The minimum atomic E-state index is -4.77. The van der Waals surface area contributed by atoms with Crippen LogP contribution in [0.2, 0.25) is 5.02 Å². The number of halogens is 4. The van der Waals surface area contributed by atoms with Gasteiger partial charge in [-0.1, -0.05) is 41.9 Å². The highest BCUT2D eigenvalue weighted by Crippen LogP contribution is 2.48. The number of amides is 1. The molecule has 1 aliphatic carbocycles. The van der Waals surface area contributed by atoms with Crippen molar-refractivity contribution in [1.82, 2.24) is 5.32 Å². The van der Waals surface area contributed by atoms with Gasteiger partial charge >= 0.3 is 6.36 Å². The van der Waals surface area contributed by atoms with E-state index in [9.17, 15) is 18.0 Å². The van der Waals surface area contributed by atoms with Gasteiger partial charge in [-0.15, -0.1) is 13.2 Å². The maximum Gasteiger partial charge on any atom is 0.573 e. The molecule has 2 unspecified atom stereocenters. The van der Waals surface area contributed by atoms with Crippen molar-refractivity contribution in [3.8, 4) is 5.75 Å². The lowest BCUT2D eigenvalue weighted by Gasteiger charge is -2.13. The summed E-state index contributed by atoms with van der Waals surface area (Å²) in [5.41, 5.74) is 1.27. The Kier molecular flexibility index (Phi) is 4.90. The van der Waals surface area contributed by atoms with E-state index in [1.807, 2.05) is 18.2 Å². The second-order valence-electron chi connectivity index (χ2n) is 5.88. The second kappa shape index (κ2) is 6.96. The van der Waals surface area contributed by atoms with Crippen molar-refractivity contribution in [2.75, 3.05) is 0 Å². The van der Waals surface area contributed by atoms with Crippen molar-refractivity contribution in [2.24, 2.45) is 5.92 Å². The van der Waals surface area contributed by atoms with Crippen molar-refractivity contribution >= 4 is 17.5 Å². The lowest BCUT2D eigenvalue weighted by atomic mass is 10.1. The molecule has 0 radical (unpaired) electrons. The molecule has 2 aromatic rings. The zero-order valence-electron chi connectivity index (χ0n) is 13.0. The van der Waals surface area contributed by atoms with Crippen molar-refractivity contribution in [3.63, 3.8) is 0 Å². The average Bonchev–Trinajstić information content (AvgIpc) is 3.33. The molecule has 0 aromatic heterocycles. The molecule has 0 aliphatic heterocycles. The molecule has 1 N–H and O–H groups in total. The first-order valence-electron chi connectivity index (χ1n) is 7.70. The number of ether oxygens (including phenoxy) is 1. The fourth-order valence-corrected chi connectivity index (χ4v) is 2.98. The van der Waals surface area contributed by atoms with Crippen molar-refractivity contribution in [2.45, 2.75) is 25.2 Å². The van der Waals surface area contributed by atoms with Gasteiger partial charge < -0.3 is 10.1 Å². The highest BCUT2D eigenvalue weighted by molar-refractivity contribution is 6.30. The molecule has 1 amide bonds. The van der Waals surface area contributed by atoms with Crippen LogP contribution in [0.15, 0.2) is 48.5 Å². The van der Waals surface area contributed by atoms with Gasteiger partial charge in [0.15, 0.2) is 0 Å². The van der Waals surface area contributed by atoms with Crippen LogP contribution in [0, 0.1) is 5.92 Å². The van der Waals surface area contributed by atoms with Gasteiger partial charge in [0.1, 0.15) is 5.75 Å². The lowest BCUT2D eigenvalue weighted by molar-refractivity contribution is -0.274. The molecular weight excluding hydrogens is 355 g/mol. The molecule has 3 rings (SSSR count). The Balaban J connectivity index is 1.59. The standard InChI is InChI=1S/C18H15ClF3NO2/c19-13-6-3-5-11(8-13)14-9-15(14)17(24)23-10-12-4-1-2-7-16(12)25-18(20,21)22/h1-8,14-15H,9-10H2,(H,23,24). The van der Waals surface area contributed by atoms with E-state index in [1.54, 1.807) is 12.1 Å². The van der Waals surface area contributed by atoms with E-state index in [0.717, 1.165) is 5.56 Å². The molecule has 0 spiro atoms. The monoisotopic (exact) mass is 369 g/mol. The lowest BCUT2D eigenvalue weighted by Crippen LogP contribution is -2.26. The minimum Gasteiger partial charge on any atom is -0.405 e. The van der Waals surface area contributed by atoms with E-state index in [2.05, 4.69) is 10.1 Å².